The average molecular weight is 301 g/mol. The number of aromatic nitrogens is 3. The summed E-state index contributed by atoms with van der Waals surface area (Å²) in [7, 11) is -2.13. The van der Waals surface area contributed by atoms with Gasteiger partial charge in [-0.1, -0.05) is 6.07 Å². The summed E-state index contributed by atoms with van der Waals surface area (Å²) < 4.78 is 25.9. The lowest BCUT2D eigenvalue weighted by molar-refractivity contribution is 0.462. The minimum Gasteiger partial charge on any atom is -0.266 e. The van der Waals surface area contributed by atoms with Crippen molar-refractivity contribution in [1.29, 1.82) is 0 Å². The molecular formula is C11H13ClN4O2S. The quantitative estimate of drug-likeness (QED) is 0.846. The first-order chi connectivity index (χ1) is 9.05. The Morgan fingerprint density at radius 2 is 2.21 bits per heavy atom. The van der Waals surface area contributed by atoms with Gasteiger partial charge in [-0.2, -0.15) is 9.40 Å². The van der Waals surface area contributed by atoms with E-state index in [1.54, 1.807) is 18.5 Å². The summed E-state index contributed by atoms with van der Waals surface area (Å²) in [5.41, 5.74) is 1.26. The molecule has 2 aromatic rings. The van der Waals surface area contributed by atoms with Crippen LogP contribution in [0.3, 0.4) is 0 Å². The zero-order valence-corrected chi connectivity index (χ0v) is 11.8. The lowest BCUT2D eigenvalue weighted by atomic mass is 10.3. The van der Waals surface area contributed by atoms with E-state index in [0.29, 0.717) is 5.56 Å². The Balaban J connectivity index is 2.25. The van der Waals surface area contributed by atoms with Gasteiger partial charge in [0.25, 0.3) is 10.0 Å². The minimum atomic E-state index is -3.63. The molecule has 0 amide bonds. The number of pyridine rings is 1. The second-order valence-electron chi connectivity index (χ2n) is 3.98. The molecule has 0 bridgehead atoms. The molecule has 2 aromatic heterocycles. The van der Waals surface area contributed by atoms with Crippen LogP contribution < -0.4 is 0 Å². The lowest BCUT2D eigenvalue weighted by Crippen LogP contribution is -2.27. The second kappa shape index (κ2) is 5.68. The highest BCUT2D eigenvalue weighted by molar-refractivity contribution is 7.89. The minimum absolute atomic E-state index is 0.0360. The van der Waals surface area contributed by atoms with Gasteiger partial charge < -0.3 is 0 Å². The Kier molecular flexibility index (Phi) is 4.18. The van der Waals surface area contributed by atoms with Crippen LogP contribution in [0.25, 0.3) is 0 Å². The largest absolute Gasteiger partial charge is 0.266 e. The van der Waals surface area contributed by atoms with Crippen LogP contribution in [0.2, 0.25) is 0 Å². The van der Waals surface area contributed by atoms with Crippen molar-refractivity contribution in [2.75, 3.05) is 7.05 Å². The van der Waals surface area contributed by atoms with Crippen LogP contribution in [-0.2, 0) is 22.4 Å². The summed E-state index contributed by atoms with van der Waals surface area (Å²) in [5, 5.41) is 6.24. The highest BCUT2D eigenvalue weighted by Crippen LogP contribution is 2.19. The first-order valence-corrected chi connectivity index (χ1v) is 7.46. The summed E-state index contributed by atoms with van der Waals surface area (Å²) in [5.74, 6) is 0.0891. The van der Waals surface area contributed by atoms with Gasteiger partial charge in [0.15, 0.2) is 5.03 Å². The Bertz CT molecular complexity index is 642. The number of hydrogen-bond donors (Lipinski definition) is 1. The van der Waals surface area contributed by atoms with Crippen LogP contribution in [0, 0.1) is 0 Å². The number of hydrogen-bond acceptors (Lipinski definition) is 4. The normalized spacial score (nSPS) is 11.9. The molecule has 19 heavy (non-hydrogen) atoms. The molecule has 8 heteroatoms. The fourth-order valence-corrected chi connectivity index (χ4v) is 3.14. The number of H-pyrrole nitrogens is 1. The van der Waals surface area contributed by atoms with Gasteiger partial charge in [0.05, 0.1) is 12.1 Å². The van der Waals surface area contributed by atoms with Crippen LogP contribution in [0.15, 0.2) is 35.7 Å². The van der Waals surface area contributed by atoms with Gasteiger partial charge in [-0.15, -0.1) is 11.6 Å². The molecule has 0 aliphatic rings. The Morgan fingerprint density at radius 3 is 2.84 bits per heavy atom. The number of halogens is 1. The van der Waals surface area contributed by atoms with Crippen molar-refractivity contribution in [1.82, 2.24) is 19.5 Å². The molecule has 0 aromatic carbocycles. The van der Waals surface area contributed by atoms with E-state index in [9.17, 15) is 8.42 Å². The van der Waals surface area contributed by atoms with Crippen molar-refractivity contribution < 1.29 is 8.42 Å². The van der Waals surface area contributed by atoms with Crippen molar-refractivity contribution in [2.45, 2.75) is 17.5 Å². The Morgan fingerprint density at radius 1 is 1.42 bits per heavy atom. The van der Waals surface area contributed by atoms with E-state index in [0.717, 1.165) is 5.56 Å². The van der Waals surface area contributed by atoms with Crippen LogP contribution >= 0.6 is 11.6 Å². The number of sulfonamides is 1. The lowest BCUT2D eigenvalue weighted by Gasteiger charge is -2.16. The molecule has 0 aliphatic carbocycles. The Hall–Kier alpha value is -1.44. The van der Waals surface area contributed by atoms with Gasteiger partial charge in [-0.3, -0.25) is 10.1 Å². The van der Waals surface area contributed by atoms with Crippen LogP contribution in [0.5, 0.6) is 0 Å². The molecule has 6 nitrogen and oxygen atoms in total. The smallest absolute Gasteiger partial charge is 0.260 e. The first-order valence-electron chi connectivity index (χ1n) is 5.49. The van der Waals surface area contributed by atoms with E-state index in [4.69, 9.17) is 11.6 Å². The van der Waals surface area contributed by atoms with Crippen molar-refractivity contribution in [3.05, 3.63) is 41.9 Å². The molecule has 0 atom stereocenters. The molecule has 1 N–H and O–H groups in total. The van der Waals surface area contributed by atoms with Crippen molar-refractivity contribution >= 4 is 21.6 Å². The number of alkyl halides is 1. The van der Waals surface area contributed by atoms with E-state index < -0.39 is 10.0 Å². The summed E-state index contributed by atoms with van der Waals surface area (Å²) in [6.07, 6.45) is 4.68. The van der Waals surface area contributed by atoms with Gasteiger partial charge >= 0.3 is 0 Å². The van der Waals surface area contributed by atoms with Gasteiger partial charge in [-0.05, 0) is 11.6 Å². The monoisotopic (exact) mass is 300 g/mol. The molecule has 0 unspecified atom stereocenters. The van der Waals surface area contributed by atoms with Gasteiger partial charge in [0.1, 0.15) is 0 Å². The fourth-order valence-electron chi connectivity index (χ4n) is 1.61. The van der Waals surface area contributed by atoms with Crippen LogP contribution in [0.4, 0.5) is 0 Å². The predicted molar refractivity (Wildman–Crippen MR) is 71.0 cm³/mol. The molecule has 0 spiro atoms. The van der Waals surface area contributed by atoms with Gasteiger partial charge in [0, 0.05) is 31.5 Å². The highest BCUT2D eigenvalue weighted by Gasteiger charge is 2.25. The molecule has 0 saturated heterocycles. The summed E-state index contributed by atoms with van der Waals surface area (Å²) in [4.78, 5) is 3.95. The maximum Gasteiger partial charge on any atom is 0.260 e. The molecular weight excluding hydrogens is 288 g/mol. The first kappa shape index (κ1) is 14.0. The maximum absolute atomic E-state index is 12.4. The SMILES string of the molecule is CN(Cc1cccnc1)S(=O)(=O)c1[nH]ncc1CCl. The average Bonchev–Trinajstić information content (AvgIpc) is 2.88. The number of nitrogens with zero attached hydrogens (tertiary/aromatic N) is 3. The molecule has 2 heterocycles. The van der Waals surface area contributed by atoms with E-state index in [2.05, 4.69) is 15.2 Å². The molecule has 0 radical (unpaired) electrons. The molecule has 102 valence electrons. The fraction of sp³-hybridized carbons (Fsp3) is 0.273. The molecule has 0 fully saturated rings. The molecule has 0 aliphatic heterocycles. The second-order valence-corrected chi connectivity index (χ2v) is 6.23. The van der Waals surface area contributed by atoms with Crippen molar-refractivity contribution in [3.8, 4) is 0 Å². The maximum atomic E-state index is 12.4. The van der Waals surface area contributed by atoms with E-state index >= 15 is 0 Å². The van der Waals surface area contributed by atoms with Gasteiger partial charge in [-0.25, -0.2) is 8.42 Å². The highest BCUT2D eigenvalue weighted by atomic mass is 35.5. The van der Waals surface area contributed by atoms with Gasteiger partial charge in [0.2, 0.25) is 0 Å². The third kappa shape index (κ3) is 2.94. The third-order valence-electron chi connectivity index (χ3n) is 2.62. The number of nitrogens with one attached hydrogen (secondary N) is 1. The summed E-state index contributed by atoms with van der Waals surface area (Å²) in [6.45, 7) is 0.233. The number of rotatable bonds is 5. The molecule has 2 rings (SSSR count). The van der Waals surface area contributed by atoms with E-state index in [1.165, 1.54) is 17.5 Å². The van der Waals surface area contributed by atoms with E-state index in [1.807, 2.05) is 6.07 Å². The topological polar surface area (TPSA) is 79.0 Å². The van der Waals surface area contributed by atoms with Crippen molar-refractivity contribution in [2.24, 2.45) is 0 Å². The zero-order chi connectivity index (χ0) is 13.9. The zero-order valence-electron chi connectivity index (χ0n) is 10.2. The predicted octanol–water partition coefficient (Wildman–Crippen LogP) is 1.36. The number of aromatic amines is 1. The summed E-state index contributed by atoms with van der Waals surface area (Å²) in [6, 6.07) is 3.57. The van der Waals surface area contributed by atoms with Crippen molar-refractivity contribution in [3.63, 3.8) is 0 Å². The standard InChI is InChI=1S/C11H13ClN4O2S/c1-16(8-9-3-2-4-13-6-9)19(17,18)11-10(5-12)7-14-15-11/h2-4,6-7H,5,8H2,1H3,(H,14,15). The van der Waals surface area contributed by atoms with Crippen LogP contribution in [-0.4, -0.2) is 35.0 Å². The summed E-state index contributed by atoms with van der Waals surface area (Å²) >= 11 is 5.69. The third-order valence-corrected chi connectivity index (χ3v) is 4.73. The van der Waals surface area contributed by atoms with Crippen LogP contribution in [0.1, 0.15) is 11.1 Å². The molecule has 0 saturated carbocycles. The Labute approximate surface area is 116 Å². The van der Waals surface area contributed by atoms with E-state index in [-0.39, 0.29) is 17.5 Å².